The lowest BCUT2D eigenvalue weighted by atomic mass is 10.1. The average Bonchev–Trinajstić information content (AvgIpc) is 2.61. The Kier molecular flexibility index (Phi) is 6.28. The van der Waals surface area contributed by atoms with E-state index in [2.05, 4.69) is 10.6 Å². The molecule has 0 amide bonds. The molecule has 1 atom stereocenters. The van der Waals surface area contributed by atoms with Crippen molar-refractivity contribution >= 4 is 28.6 Å². The molecule has 0 heterocycles. The van der Waals surface area contributed by atoms with E-state index in [0.29, 0.717) is 0 Å². The molecule has 0 spiro atoms. The van der Waals surface area contributed by atoms with Crippen molar-refractivity contribution in [2.45, 2.75) is 13.0 Å². The van der Waals surface area contributed by atoms with Gasteiger partial charge >= 0.3 is 0 Å². The van der Waals surface area contributed by atoms with Crippen LogP contribution in [0.25, 0.3) is 0 Å². The summed E-state index contributed by atoms with van der Waals surface area (Å²) in [5.74, 6) is -1.52. The Balaban J connectivity index is 1.87. The second-order valence-corrected chi connectivity index (χ2v) is 5.19. The van der Waals surface area contributed by atoms with Crippen LogP contribution in [0.15, 0.2) is 66.7 Å². The number of hydrogen-bond acceptors (Lipinski definition) is 5. The van der Waals surface area contributed by atoms with Gasteiger partial charge in [-0.2, -0.15) is 0 Å². The molecule has 3 N–H and O–H groups in total. The second-order valence-electron chi connectivity index (χ2n) is 5.19. The Labute approximate surface area is 141 Å². The van der Waals surface area contributed by atoms with Crippen LogP contribution >= 0.6 is 0 Å². The number of Topliss-reactive ketones (excluding diaryl/α,β-unsaturated/α-hetero) is 1. The fourth-order valence-electron chi connectivity index (χ4n) is 2.06. The summed E-state index contributed by atoms with van der Waals surface area (Å²) < 4.78 is 0. The van der Waals surface area contributed by atoms with Gasteiger partial charge in [-0.05, 0) is 49.4 Å². The highest BCUT2D eigenvalue weighted by molar-refractivity contribution is 6.43. The number of carbonyl (C=O) groups excluding carboxylic acids is 2. The van der Waals surface area contributed by atoms with Gasteiger partial charge in [-0.1, -0.05) is 24.3 Å². The maximum Gasteiger partial charge on any atom is 0.232 e. The third kappa shape index (κ3) is 5.07. The van der Waals surface area contributed by atoms with E-state index in [-0.39, 0.29) is 6.54 Å². The zero-order valence-corrected chi connectivity index (χ0v) is 13.4. The first-order valence-electron chi connectivity index (χ1n) is 7.65. The quantitative estimate of drug-likeness (QED) is 0.514. The summed E-state index contributed by atoms with van der Waals surface area (Å²) in [6.07, 6.45) is 1.25. The van der Waals surface area contributed by atoms with Gasteiger partial charge in [-0.3, -0.25) is 9.59 Å². The summed E-state index contributed by atoms with van der Waals surface area (Å²) >= 11 is 0. The minimum absolute atomic E-state index is 0.0202. The molecular weight excluding hydrogens is 304 g/mol. The van der Waals surface area contributed by atoms with Gasteiger partial charge in [0.1, 0.15) is 6.10 Å². The van der Waals surface area contributed by atoms with Crippen molar-refractivity contribution < 1.29 is 14.7 Å². The molecular formula is C19H20N2O3. The van der Waals surface area contributed by atoms with E-state index in [1.54, 1.807) is 6.92 Å². The summed E-state index contributed by atoms with van der Waals surface area (Å²) in [5, 5.41) is 15.9. The Morgan fingerprint density at radius 3 is 2.21 bits per heavy atom. The summed E-state index contributed by atoms with van der Waals surface area (Å²) in [5.41, 5.74) is 2.66. The number of para-hydroxylation sites is 1. The van der Waals surface area contributed by atoms with E-state index >= 15 is 0 Å². The number of nitrogens with one attached hydrogen (secondary N) is 2. The van der Waals surface area contributed by atoms with Crippen LogP contribution in [-0.2, 0) is 9.59 Å². The van der Waals surface area contributed by atoms with E-state index in [9.17, 15) is 14.7 Å². The smallest absolute Gasteiger partial charge is 0.232 e. The van der Waals surface area contributed by atoms with Crippen LogP contribution in [0, 0.1) is 0 Å². The molecule has 0 bridgehead atoms. The Hall–Kier alpha value is -2.92. The van der Waals surface area contributed by atoms with Crippen molar-refractivity contribution in [3.05, 3.63) is 66.7 Å². The lowest BCUT2D eigenvalue weighted by molar-refractivity contribution is -0.138. The molecule has 0 aliphatic heterocycles. The summed E-state index contributed by atoms with van der Waals surface area (Å²) in [6.45, 7) is 1.62. The van der Waals surface area contributed by atoms with Crippen LogP contribution in [0.5, 0.6) is 0 Å². The molecule has 0 fully saturated rings. The number of benzene rings is 2. The number of ketones is 2. The molecule has 24 heavy (non-hydrogen) atoms. The van der Waals surface area contributed by atoms with Gasteiger partial charge in [0.25, 0.3) is 0 Å². The lowest BCUT2D eigenvalue weighted by Gasteiger charge is -2.12. The molecule has 124 valence electrons. The number of aliphatic hydroxyl groups excluding tert-OH is 1. The highest BCUT2D eigenvalue weighted by Crippen LogP contribution is 2.18. The molecule has 0 saturated carbocycles. The molecule has 0 aliphatic carbocycles. The molecule has 2 rings (SSSR count). The predicted octanol–water partition coefficient (Wildman–Crippen LogP) is 2.92. The third-order valence-electron chi connectivity index (χ3n) is 3.31. The van der Waals surface area contributed by atoms with Crippen molar-refractivity contribution in [1.29, 1.82) is 0 Å². The minimum Gasteiger partial charge on any atom is -0.383 e. The molecule has 5 nitrogen and oxygen atoms in total. The fraction of sp³-hybridized carbons (Fsp3) is 0.158. The summed E-state index contributed by atoms with van der Waals surface area (Å²) in [7, 11) is 0. The fourth-order valence-corrected chi connectivity index (χ4v) is 2.06. The van der Waals surface area contributed by atoms with E-state index in [4.69, 9.17) is 0 Å². The largest absolute Gasteiger partial charge is 0.383 e. The van der Waals surface area contributed by atoms with Gasteiger partial charge in [0.15, 0.2) is 0 Å². The molecule has 0 aromatic heterocycles. The molecule has 0 radical (unpaired) electrons. The van der Waals surface area contributed by atoms with E-state index in [0.717, 1.165) is 23.1 Å². The Bertz CT molecular complexity index is 709. The molecule has 0 aliphatic rings. The summed E-state index contributed by atoms with van der Waals surface area (Å²) in [6, 6.07) is 17.2. The molecule has 5 heteroatoms. The van der Waals surface area contributed by atoms with E-state index in [1.165, 1.54) is 6.08 Å². The number of hydrogen-bond donors (Lipinski definition) is 3. The lowest BCUT2D eigenvalue weighted by Crippen LogP contribution is -2.33. The van der Waals surface area contributed by atoms with Gasteiger partial charge in [-0.25, -0.2) is 0 Å². The third-order valence-corrected chi connectivity index (χ3v) is 3.31. The second kappa shape index (κ2) is 8.64. The minimum atomic E-state index is -1.36. The normalized spacial score (nSPS) is 11.9. The Morgan fingerprint density at radius 1 is 1.00 bits per heavy atom. The number of aliphatic hydroxyl groups is 1. The van der Waals surface area contributed by atoms with Crippen molar-refractivity contribution in [1.82, 2.24) is 0 Å². The molecule has 1 unspecified atom stereocenters. The predicted molar refractivity (Wildman–Crippen MR) is 95.5 cm³/mol. The van der Waals surface area contributed by atoms with Crippen LogP contribution in [0.4, 0.5) is 17.1 Å². The van der Waals surface area contributed by atoms with Crippen molar-refractivity contribution in [2.75, 3.05) is 17.2 Å². The topological polar surface area (TPSA) is 78.4 Å². The number of allylic oxidation sites excluding steroid dienone is 2. The van der Waals surface area contributed by atoms with Crippen LogP contribution in [-0.4, -0.2) is 29.3 Å². The van der Waals surface area contributed by atoms with Crippen LogP contribution in [0.3, 0.4) is 0 Å². The molecule has 0 saturated heterocycles. The highest BCUT2D eigenvalue weighted by Gasteiger charge is 2.20. The first-order valence-corrected chi connectivity index (χ1v) is 7.65. The molecule has 2 aromatic carbocycles. The maximum absolute atomic E-state index is 11.6. The van der Waals surface area contributed by atoms with Gasteiger partial charge < -0.3 is 15.7 Å². The first-order chi connectivity index (χ1) is 11.6. The van der Waals surface area contributed by atoms with Gasteiger partial charge in [0.05, 0.1) is 0 Å². The Morgan fingerprint density at radius 2 is 1.58 bits per heavy atom. The van der Waals surface area contributed by atoms with Crippen LogP contribution in [0.2, 0.25) is 0 Å². The number of carbonyl (C=O) groups is 2. The van der Waals surface area contributed by atoms with Gasteiger partial charge in [-0.15, -0.1) is 0 Å². The monoisotopic (exact) mass is 324 g/mol. The maximum atomic E-state index is 11.6. The van der Waals surface area contributed by atoms with Gasteiger partial charge in [0.2, 0.25) is 11.6 Å². The highest BCUT2D eigenvalue weighted by atomic mass is 16.3. The van der Waals surface area contributed by atoms with Crippen molar-refractivity contribution in [2.24, 2.45) is 0 Å². The van der Waals surface area contributed by atoms with E-state index in [1.807, 2.05) is 54.6 Å². The molecule has 2 aromatic rings. The van der Waals surface area contributed by atoms with Crippen molar-refractivity contribution in [3.63, 3.8) is 0 Å². The standard InChI is InChI=1S/C19H20N2O3/c1-2-6-17(22)19(24)18(23)13-20-14-9-11-16(12-10-14)21-15-7-4-3-5-8-15/h2-12,18,20-21,23H,13H2,1H3. The van der Waals surface area contributed by atoms with Crippen molar-refractivity contribution in [3.8, 4) is 0 Å². The van der Waals surface area contributed by atoms with E-state index < -0.39 is 17.7 Å². The zero-order valence-electron chi connectivity index (χ0n) is 13.4. The van der Waals surface area contributed by atoms with Gasteiger partial charge in [0, 0.05) is 23.6 Å². The number of anilines is 3. The first kappa shape index (κ1) is 17.4. The van der Waals surface area contributed by atoms with Crippen LogP contribution in [0.1, 0.15) is 6.92 Å². The summed E-state index contributed by atoms with van der Waals surface area (Å²) in [4.78, 5) is 23.0. The average molecular weight is 324 g/mol. The SMILES string of the molecule is CC=CC(=O)C(=O)C(O)CNc1ccc(Nc2ccccc2)cc1. The zero-order chi connectivity index (χ0) is 17.4. The number of rotatable bonds is 8. The van der Waals surface area contributed by atoms with Crippen LogP contribution < -0.4 is 10.6 Å².